The fourth-order valence-corrected chi connectivity index (χ4v) is 4.75. The normalized spacial score (nSPS) is 15.4. The molecule has 3 aromatic rings. The number of aliphatic hydroxyl groups is 2. The van der Waals surface area contributed by atoms with E-state index in [-0.39, 0.29) is 61.4 Å². The Balaban J connectivity index is 0.000000354. The number of hydrogen-bond acceptors (Lipinski definition) is 7. The molecule has 1 aliphatic rings. The van der Waals surface area contributed by atoms with Gasteiger partial charge in [0.1, 0.15) is 11.7 Å². The first-order valence-corrected chi connectivity index (χ1v) is 13.1. The first kappa shape index (κ1) is 33.5. The van der Waals surface area contributed by atoms with Crippen LogP contribution in [0.4, 0.5) is 0 Å². The summed E-state index contributed by atoms with van der Waals surface area (Å²) in [6, 6.07) is 9.81. The maximum absolute atomic E-state index is 12.6. The monoisotopic (exact) mass is 753 g/mol. The summed E-state index contributed by atoms with van der Waals surface area (Å²) in [5.41, 5.74) is 11.6. The van der Waals surface area contributed by atoms with Gasteiger partial charge in [-0.2, -0.15) is 7.05 Å². The molecule has 0 saturated carbocycles. The number of aryl methyl sites for hydroxylation is 1. The molecule has 1 aromatic carbocycles. The Morgan fingerprint density at radius 3 is 2.30 bits per heavy atom. The van der Waals surface area contributed by atoms with Gasteiger partial charge in [-0.15, -0.1) is 11.3 Å². The molecule has 2 atom stereocenters. The van der Waals surface area contributed by atoms with E-state index in [0.29, 0.717) is 25.3 Å². The summed E-state index contributed by atoms with van der Waals surface area (Å²) in [4.78, 5) is 19.8. The first-order chi connectivity index (χ1) is 17.2. The van der Waals surface area contributed by atoms with E-state index < -0.39 is 6.10 Å². The van der Waals surface area contributed by atoms with Gasteiger partial charge in [0.25, 0.3) is 0 Å². The quantitative estimate of drug-likeness (QED) is 0.347. The number of hydrogen-bond donors (Lipinski definition) is 2. The second kappa shape index (κ2) is 16.4. The van der Waals surface area contributed by atoms with Gasteiger partial charge >= 0.3 is 0 Å². The van der Waals surface area contributed by atoms with Crippen LogP contribution in [0.15, 0.2) is 40.4 Å². The van der Waals surface area contributed by atoms with Gasteiger partial charge in [0.15, 0.2) is 0 Å². The number of amides is 1. The van der Waals surface area contributed by atoms with Crippen LogP contribution < -0.4 is 0 Å². The van der Waals surface area contributed by atoms with Gasteiger partial charge in [0, 0.05) is 50.3 Å². The molecule has 0 spiro atoms. The average molecular weight is 754 g/mol. The molecule has 202 valence electrons. The molecule has 10 heteroatoms. The Morgan fingerprint density at radius 2 is 1.86 bits per heavy atom. The summed E-state index contributed by atoms with van der Waals surface area (Å²) in [5, 5.41) is 22.5. The van der Waals surface area contributed by atoms with Crippen molar-refractivity contribution in [3.63, 3.8) is 0 Å². The third-order valence-electron chi connectivity index (χ3n) is 6.00. The van der Waals surface area contributed by atoms with E-state index in [9.17, 15) is 9.90 Å². The molecular formula is C27H39N4O4SU-. The van der Waals surface area contributed by atoms with Crippen LogP contribution in [0.25, 0.3) is 16.2 Å². The largest absolute Gasteiger partial charge is 0.680 e. The van der Waals surface area contributed by atoms with Crippen LogP contribution in [0.3, 0.4) is 0 Å². The molecular weight excluding hydrogens is 714 g/mol. The van der Waals surface area contributed by atoms with Crippen LogP contribution in [0.1, 0.15) is 68.7 Å². The third-order valence-corrected chi connectivity index (χ3v) is 6.97. The number of nitrogens with zero attached hydrogens (tertiary/aromatic N) is 3. The number of nitrogens with one attached hydrogen (secondary N) is 1. The van der Waals surface area contributed by atoms with Gasteiger partial charge in [-0.1, -0.05) is 57.1 Å². The van der Waals surface area contributed by atoms with Crippen molar-refractivity contribution in [1.29, 1.82) is 0 Å². The standard InChI is InChI=1S/C15H24N2O3.C11H11NOS.CH4N.U/c1-9(2)12-7-13(20-16-12)14(10(3)4)15(19)17-6-5-11(18)8-17;1-8-11(14-7-12-8)10-4-2-9(6-13)3-5-10;1-2;/h7,9-11,14,18H,5-6,8H2,1-4H3;2-5,7,13H,6H2,1H3;2H,1H3;/q;;-1;. The minimum atomic E-state index is -0.396. The summed E-state index contributed by atoms with van der Waals surface area (Å²) in [7, 11) is 1.25. The molecule has 0 radical (unpaired) electrons. The van der Waals surface area contributed by atoms with E-state index in [0.717, 1.165) is 17.0 Å². The summed E-state index contributed by atoms with van der Waals surface area (Å²) >= 11 is 1.64. The zero-order valence-electron chi connectivity index (χ0n) is 22.6. The van der Waals surface area contributed by atoms with E-state index in [1.54, 1.807) is 16.2 Å². The molecule has 2 aromatic heterocycles. The smallest absolute Gasteiger partial charge is 0.233 e. The van der Waals surface area contributed by atoms with Crippen molar-refractivity contribution in [3.8, 4) is 10.4 Å². The Labute approximate surface area is 248 Å². The predicted octanol–water partition coefficient (Wildman–Crippen LogP) is 5.41. The third kappa shape index (κ3) is 9.31. The van der Waals surface area contributed by atoms with Gasteiger partial charge < -0.3 is 25.4 Å². The number of β-amino-alcohol motifs (C(OH)–C–C–N with tert-alkyl or cyclic N) is 1. The SMILES string of the molecule is CC(C)c1cc(C(C(=O)N2CCC(O)C2)C(C)C)on1.C[NH-].Cc1ncsc1-c1ccc(CO)cc1.[U]. The second-order valence-electron chi connectivity index (χ2n) is 9.38. The number of benzene rings is 1. The summed E-state index contributed by atoms with van der Waals surface area (Å²) < 4.78 is 5.40. The second-order valence-corrected chi connectivity index (χ2v) is 10.2. The van der Waals surface area contributed by atoms with Crippen molar-refractivity contribution in [3.05, 3.63) is 64.3 Å². The van der Waals surface area contributed by atoms with E-state index in [4.69, 9.17) is 15.4 Å². The van der Waals surface area contributed by atoms with Crippen molar-refractivity contribution in [2.24, 2.45) is 5.92 Å². The van der Waals surface area contributed by atoms with Crippen molar-refractivity contribution in [2.45, 2.75) is 65.6 Å². The zero-order chi connectivity index (χ0) is 26.8. The number of carbonyl (C=O) groups excluding carboxylic acids is 1. The Morgan fingerprint density at radius 1 is 1.22 bits per heavy atom. The number of likely N-dealkylation sites (tertiary alicyclic amines) is 1. The first-order valence-electron chi connectivity index (χ1n) is 12.2. The van der Waals surface area contributed by atoms with Crippen molar-refractivity contribution < 1.29 is 50.6 Å². The molecule has 0 aliphatic carbocycles. The van der Waals surface area contributed by atoms with Crippen molar-refractivity contribution >= 4 is 17.2 Å². The molecule has 1 saturated heterocycles. The van der Waals surface area contributed by atoms with E-state index in [2.05, 4.69) is 10.1 Å². The molecule has 0 bridgehead atoms. The number of rotatable bonds is 6. The van der Waals surface area contributed by atoms with Gasteiger partial charge in [0.2, 0.25) is 5.91 Å². The Kier molecular flexibility index (Phi) is 14.9. The van der Waals surface area contributed by atoms with Gasteiger partial charge in [-0.3, -0.25) is 4.79 Å². The predicted molar refractivity (Wildman–Crippen MR) is 144 cm³/mol. The van der Waals surface area contributed by atoms with E-state index >= 15 is 0 Å². The molecule has 2 unspecified atom stereocenters. The summed E-state index contributed by atoms with van der Waals surface area (Å²) in [6.45, 7) is 11.3. The van der Waals surface area contributed by atoms with Crippen LogP contribution >= 0.6 is 11.3 Å². The number of aliphatic hydroxyl groups excluding tert-OH is 2. The summed E-state index contributed by atoms with van der Waals surface area (Å²) in [5.74, 6) is 0.760. The van der Waals surface area contributed by atoms with E-state index in [1.807, 2.05) is 70.5 Å². The minimum Gasteiger partial charge on any atom is -0.680 e. The van der Waals surface area contributed by atoms with Crippen LogP contribution in [-0.4, -0.2) is 57.4 Å². The van der Waals surface area contributed by atoms with Crippen LogP contribution in [0, 0.1) is 44.0 Å². The van der Waals surface area contributed by atoms with Gasteiger partial charge in [-0.25, -0.2) is 4.98 Å². The van der Waals surface area contributed by atoms with Crippen molar-refractivity contribution in [2.75, 3.05) is 20.1 Å². The Hall–Kier alpha value is -1.54. The van der Waals surface area contributed by atoms with Gasteiger partial charge in [0.05, 0.1) is 34.5 Å². The van der Waals surface area contributed by atoms with Gasteiger partial charge in [-0.05, 0) is 36.3 Å². The number of carbonyl (C=O) groups is 1. The summed E-state index contributed by atoms with van der Waals surface area (Å²) in [6.07, 6.45) is 0.261. The Bertz CT molecular complexity index is 1070. The zero-order valence-corrected chi connectivity index (χ0v) is 27.5. The minimum absolute atomic E-state index is 0. The average Bonchev–Trinajstić information content (AvgIpc) is 3.62. The van der Waals surface area contributed by atoms with Crippen molar-refractivity contribution in [1.82, 2.24) is 15.0 Å². The molecule has 1 aliphatic heterocycles. The molecule has 4 rings (SSSR count). The van der Waals surface area contributed by atoms with Crippen LogP contribution in [0.2, 0.25) is 0 Å². The molecule has 8 nitrogen and oxygen atoms in total. The molecule has 1 amide bonds. The maximum Gasteiger partial charge on any atom is 0.233 e. The molecule has 1 fully saturated rings. The topological polar surface area (TPSA) is 123 Å². The number of aromatic nitrogens is 2. The molecule has 3 N–H and O–H groups in total. The molecule has 3 heterocycles. The fraction of sp³-hybridized carbons (Fsp3) is 0.519. The van der Waals surface area contributed by atoms with Crippen LogP contribution in [-0.2, 0) is 11.4 Å². The molecule has 37 heavy (non-hydrogen) atoms. The van der Waals surface area contributed by atoms with Crippen LogP contribution in [0.5, 0.6) is 0 Å². The van der Waals surface area contributed by atoms with E-state index in [1.165, 1.54) is 17.5 Å². The number of thiazole rings is 1. The maximum atomic E-state index is 12.6. The fourth-order valence-electron chi connectivity index (χ4n) is 3.94.